The summed E-state index contributed by atoms with van der Waals surface area (Å²) in [6.45, 7) is 4.08. The predicted molar refractivity (Wildman–Crippen MR) is 104 cm³/mol. The zero-order valence-corrected chi connectivity index (χ0v) is 15.6. The second kappa shape index (κ2) is 8.89. The highest BCUT2D eigenvalue weighted by atomic mass is 35.5. The number of hydrogen-bond donors (Lipinski definition) is 3. The molecule has 1 atom stereocenters. The van der Waals surface area contributed by atoms with Crippen LogP contribution in [-0.4, -0.2) is 21.9 Å². The summed E-state index contributed by atoms with van der Waals surface area (Å²) in [4.78, 5) is 19.7. The van der Waals surface area contributed by atoms with Gasteiger partial charge in [-0.25, -0.2) is 4.98 Å². The van der Waals surface area contributed by atoms with E-state index in [1.807, 2.05) is 44.2 Å². The molecule has 0 aliphatic rings. The number of benzene rings is 1. The van der Waals surface area contributed by atoms with Crippen molar-refractivity contribution in [1.29, 1.82) is 0 Å². The molecule has 0 aliphatic carbocycles. The topological polar surface area (TPSA) is 96.9 Å². The molecule has 4 N–H and O–H groups in total. The minimum absolute atomic E-state index is 0. The van der Waals surface area contributed by atoms with Crippen molar-refractivity contribution in [3.8, 4) is 11.6 Å². The van der Waals surface area contributed by atoms with Crippen LogP contribution in [0.25, 0.3) is 22.6 Å². The van der Waals surface area contributed by atoms with Gasteiger partial charge < -0.3 is 20.5 Å². The maximum Gasteiger partial charge on any atom is 0.241 e. The van der Waals surface area contributed by atoms with Crippen molar-refractivity contribution in [2.24, 2.45) is 11.7 Å². The van der Waals surface area contributed by atoms with E-state index >= 15 is 0 Å². The number of imidazole rings is 1. The molecule has 0 aliphatic heterocycles. The van der Waals surface area contributed by atoms with Gasteiger partial charge in [0.2, 0.25) is 5.91 Å². The number of nitrogens with two attached hydrogens (primary N) is 1. The Kier molecular flexibility index (Phi) is 7.48. The molecule has 6 nitrogen and oxygen atoms in total. The minimum Gasteiger partial charge on any atom is -0.461 e. The summed E-state index contributed by atoms with van der Waals surface area (Å²) in [5, 5.41) is 2.85. The van der Waals surface area contributed by atoms with Gasteiger partial charge in [-0.3, -0.25) is 4.79 Å². The third kappa shape index (κ3) is 4.98. The van der Waals surface area contributed by atoms with Gasteiger partial charge in [-0.05, 0) is 42.7 Å². The predicted octanol–water partition coefficient (Wildman–Crippen LogP) is 3.98. The Labute approximate surface area is 158 Å². The molecule has 8 heteroatoms. The highest BCUT2D eigenvalue weighted by Crippen LogP contribution is 2.23. The molecule has 25 heavy (non-hydrogen) atoms. The number of H-pyrrole nitrogens is 1. The van der Waals surface area contributed by atoms with E-state index < -0.39 is 6.04 Å². The fourth-order valence-electron chi connectivity index (χ4n) is 2.47. The van der Waals surface area contributed by atoms with Gasteiger partial charge in [0.05, 0.1) is 23.3 Å². The number of nitrogens with zero attached hydrogens (tertiary/aromatic N) is 1. The lowest BCUT2D eigenvalue weighted by Gasteiger charge is -2.14. The van der Waals surface area contributed by atoms with Gasteiger partial charge in [-0.2, -0.15) is 0 Å². The Hall–Kier alpha value is -2.02. The van der Waals surface area contributed by atoms with Crippen LogP contribution < -0.4 is 11.1 Å². The molecule has 3 rings (SSSR count). The number of anilines is 1. The summed E-state index contributed by atoms with van der Waals surface area (Å²) >= 11 is 0. The van der Waals surface area contributed by atoms with Crippen LogP contribution in [0.3, 0.4) is 0 Å². The molecule has 2 heterocycles. The first-order chi connectivity index (χ1) is 11.0. The highest BCUT2D eigenvalue weighted by Gasteiger charge is 2.15. The third-order valence-electron chi connectivity index (χ3n) is 3.57. The Morgan fingerprint density at radius 2 is 2.08 bits per heavy atom. The second-order valence-electron chi connectivity index (χ2n) is 6.02. The van der Waals surface area contributed by atoms with Gasteiger partial charge in [0.1, 0.15) is 0 Å². The minimum atomic E-state index is -0.508. The maximum absolute atomic E-state index is 12.1. The standard InChI is InChI=1S/C17H20N4O2.2ClH/c1-10(2)8-12(18)17(22)19-11-5-6-13-14(9-11)21-16(20-13)15-4-3-7-23-15;;/h3-7,9-10,12H,8,18H2,1-2H3,(H,19,22)(H,20,21);2*1H/t12-;;/m0../s1. The van der Waals surface area contributed by atoms with E-state index in [-0.39, 0.29) is 30.7 Å². The van der Waals surface area contributed by atoms with Crippen LogP contribution in [0.5, 0.6) is 0 Å². The molecule has 0 radical (unpaired) electrons. The first kappa shape index (κ1) is 21.0. The molecule has 2 aromatic heterocycles. The van der Waals surface area contributed by atoms with Crippen molar-refractivity contribution in [3.63, 3.8) is 0 Å². The molecular formula is C17H22Cl2N4O2. The Morgan fingerprint density at radius 3 is 2.72 bits per heavy atom. The molecule has 0 bridgehead atoms. The molecule has 1 amide bonds. The first-order valence-electron chi connectivity index (χ1n) is 7.63. The van der Waals surface area contributed by atoms with Crippen molar-refractivity contribution < 1.29 is 9.21 Å². The van der Waals surface area contributed by atoms with E-state index in [0.717, 1.165) is 11.0 Å². The highest BCUT2D eigenvalue weighted by molar-refractivity contribution is 5.96. The lowest BCUT2D eigenvalue weighted by molar-refractivity contribution is -0.117. The van der Waals surface area contributed by atoms with Crippen LogP contribution in [0.1, 0.15) is 20.3 Å². The quantitative estimate of drug-likeness (QED) is 0.619. The number of halogens is 2. The van der Waals surface area contributed by atoms with Crippen LogP contribution in [0.2, 0.25) is 0 Å². The van der Waals surface area contributed by atoms with E-state index in [9.17, 15) is 4.79 Å². The third-order valence-corrected chi connectivity index (χ3v) is 3.57. The SMILES string of the molecule is CC(C)C[C@H](N)C(=O)Nc1ccc2nc(-c3ccco3)[nH]c2c1.Cl.Cl. The molecule has 136 valence electrons. The van der Waals surface area contributed by atoms with E-state index in [4.69, 9.17) is 10.2 Å². The molecule has 3 aromatic rings. The molecule has 0 unspecified atom stereocenters. The van der Waals surface area contributed by atoms with Gasteiger partial charge in [0, 0.05) is 5.69 Å². The largest absolute Gasteiger partial charge is 0.461 e. The van der Waals surface area contributed by atoms with Gasteiger partial charge >= 0.3 is 0 Å². The fourth-order valence-corrected chi connectivity index (χ4v) is 2.47. The summed E-state index contributed by atoms with van der Waals surface area (Å²) in [6, 6.07) is 8.65. The van der Waals surface area contributed by atoms with Crippen molar-refractivity contribution in [1.82, 2.24) is 9.97 Å². The number of furan rings is 1. The molecule has 0 fully saturated rings. The van der Waals surface area contributed by atoms with Crippen molar-refractivity contribution in [3.05, 3.63) is 36.6 Å². The summed E-state index contributed by atoms with van der Waals surface area (Å²) in [7, 11) is 0. The van der Waals surface area contributed by atoms with Crippen molar-refractivity contribution in [2.45, 2.75) is 26.3 Å². The van der Waals surface area contributed by atoms with E-state index in [1.54, 1.807) is 6.26 Å². The lowest BCUT2D eigenvalue weighted by atomic mass is 10.0. The number of fused-ring (bicyclic) bond motifs is 1. The lowest BCUT2D eigenvalue weighted by Crippen LogP contribution is -2.36. The molecule has 0 spiro atoms. The number of aromatic amines is 1. The zero-order chi connectivity index (χ0) is 16.4. The van der Waals surface area contributed by atoms with Crippen LogP contribution in [-0.2, 0) is 4.79 Å². The number of amides is 1. The maximum atomic E-state index is 12.1. The summed E-state index contributed by atoms with van der Waals surface area (Å²) in [6.07, 6.45) is 2.26. The Morgan fingerprint density at radius 1 is 1.32 bits per heavy atom. The Balaban J connectivity index is 0.00000156. The van der Waals surface area contributed by atoms with Crippen LogP contribution in [0.15, 0.2) is 41.0 Å². The van der Waals surface area contributed by atoms with Crippen molar-refractivity contribution >= 4 is 47.4 Å². The number of aromatic nitrogens is 2. The van der Waals surface area contributed by atoms with Crippen LogP contribution in [0, 0.1) is 5.92 Å². The summed E-state index contributed by atoms with van der Waals surface area (Å²) in [5.74, 6) is 1.53. The number of carbonyl (C=O) groups is 1. The first-order valence-corrected chi connectivity index (χ1v) is 7.63. The summed E-state index contributed by atoms with van der Waals surface area (Å²) in [5.41, 5.74) is 8.23. The molecule has 0 saturated heterocycles. The number of hydrogen-bond acceptors (Lipinski definition) is 4. The number of rotatable bonds is 5. The Bertz CT molecular complexity index is 815. The average molecular weight is 385 g/mol. The van der Waals surface area contributed by atoms with Gasteiger partial charge in [0.25, 0.3) is 0 Å². The molecule has 0 saturated carbocycles. The fraction of sp³-hybridized carbons (Fsp3) is 0.294. The van der Waals surface area contributed by atoms with Gasteiger partial charge in [0.15, 0.2) is 11.6 Å². The monoisotopic (exact) mass is 384 g/mol. The van der Waals surface area contributed by atoms with Crippen LogP contribution in [0.4, 0.5) is 5.69 Å². The van der Waals surface area contributed by atoms with E-state index in [1.165, 1.54) is 0 Å². The number of nitrogens with one attached hydrogen (secondary N) is 2. The smallest absolute Gasteiger partial charge is 0.241 e. The molecular weight excluding hydrogens is 363 g/mol. The zero-order valence-electron chi connectivity index (χ0n) is 14.0. The normalized spacial score (nSPS) is 11.7. The van der Waals surface area contributed by atoms with Gasteiger partial charge in [-0.1, -0.05) is 13.8 Å². The molecule has 1 aromatic carbocycles. The van der Waals surface area contributed by atoms with Crippen molar-refractivity contribution in [2.75, 3.05) is 5.32 Å². The van der Waals surface area contributed by atoms with Crippen LogP contribution >= 0.6 is 24.8 Å². The van der Waals surface area contributed by atoms with E-state index in [2.05, 4.69) is 15.3 Å². The second-order valence-corrected chi connectivity index (χ2v) is 6.02. The average Bonchev–Trinajstić information content (AvgIpc) is 3.14. The summed E-state index contributed by atoms with van der Waals surface area (Å²) < 4.78 is 5.33. The van der Waals surface area contributed by atoms with E-state index in [0.29, 0.717) is 29.6 Å². The number of carbonyl (C=O) groups excluding carboxylic acids is 1. The van der Waals surface area contributed by atoms with Gasteiger partial charge in [-0.15, -0.1) is 24.8 Å².